The molecule has 0 radical (unpaired) electrons. The number of hydrogen-bond donors (Lipinski definition) is 0. The SMILES string of the molecule is Cc1nc2ccc3c4ccc5nc(C)sc5c4nnc3c2s1. The minimum atomic E-state index is 0.941. The third kappa shape index (κ3) is 1.56. The molecular formula is C16H10N4S2. The molecule has 3 heterocycles. The van der Waals surface area contributed by atoms with E-state index in [9.17, 15) is 0 Å². The van der Waals surface area contributed by atoms with E-state index in [1.54, 1.807) is 22.7 Å². The molecule has 0 N–H and O–H groups in total. The zero-order chi connectivity index (χ0) is 14.8. The van der Waals surface area contributed by atoms with Gasteiger partial charge < -0.3 is 0 Å². The molecular weight excluding hydrogens is 312 g/mol. The highest BCUT2D eigenvalue weighted by atomic mass is 32.1. The maximum atomic E-state index is 4.54. The van der Waals surface area contributed by atoms with Crippen molar-refractivity contribution in [2.75, 3.05) is 0 Å². The monoisotopic (exact) mass is 322 g/mol. The molecule has 5 aromatic rings. The first kappa shape index (κ1) is 12.4. The van der Waals surface area contributed by atoms with E-state index < -0.39 is 0 Å². The fourth-order valence-corrected chi connectivity index (χ4v) is 4.72. The summed E-state index contributed by atoms with van der Waals surface area (Å²) < 4.78 is 2.23. The number of hydrogen-bond acceptors (Lipinski definition) is 6. The van der Waals surface area contributed by atoms with Gasteiger partial charge in [-0.05, 0) is 38.1 Å². The molecule has 106 valence electrons. The molecule has 0 aliphatic rings. The van der Waals surface area contributed by atoms with Gasteiger partial charge >= 0.3 is 0 Å². The van der Waals surface area contributed by atoms with E-state index in [2.05, 4.69) is 44.4 Å². The van der Waals surface area contributed by atoms with Crippen molar-refractivity contribution in [2.45, 2.75) is 13.8 Å². The first-order valence-corrected chi connectivity index (χ1v) is 8.56. The van der Waals surface area contributed by atoms with E-state index in [1.807, 2.05) is 13.8 Å². The van der Waals surface area contributed by atoms with E-state index in [0.29, 0.717) is 0 Å². The van der Waals surface area contributed by atoms with Crippen LogP contribution in [-0.4, -0.2) is 20.2 Å². The Labute approximate surface area is 133 Å². The first-order valence-electron chi connectivity index (χ1n) is 6.93. The van der Waals surface area contributed by atoms with Gasteiger partial charge in [0.25, 0.3) is 0 Å². The van der Waals surface area contributed by atoms with E-state index >= 15 is 0 Å². The zero-order valence-electron chi connectivity index (χ0n) is 11.9. The highest BCUT2D eigenvalue weighted by Gasteiger charge is 2.13. The van der Waals surface area contributed by atoms with Crippen LogP contribution < -0.4 is 0 Å². The number of thiazole rings is 2. The van der Waals surface area contributed by atoms with Crippen LogP contribution in [0.4, 0.5) is 0 Å². The average Bonchev–Trinajstić information content (AvgIpc) is 3.07. The third-order valence-corrected chi connectivity index (χ3v) is 5.80. The van der Waals surface area contributed by atoms with Gasteiger partial charge in [0.1, 0.15) is 11.0 Å². The van der Waals surface area contributed by atoms with Crippen molar-refractivity contribution in [1.82, 2.24) is 20.2 Å². The molecule has 0 saturated carbocycles. The van der Waals surface area contributed by atoms with Crippen molar-refractivity contribution in [3.05, 3.63) is 34.3 Å². The summed E-state index contributed by atoms with van der Waals surface area (Å²) in [5.41, 5.74) is 3.88. The largest absolute Gasteiger partial charge is 0.241 e. The Morgan fingerprint density at radius 3 is 1.59 bits per heavy atom. The van der Waals surface area contributed by atoms with Gasteiger partial charge in [-0.2, -0.15) is 0 Å². The Bertz CT molecular complexity index is 1110. The Kier molecular flexibility index (Phi) is 2.35. The molecule has 0 unspecified atom stereocenters. The van der Waals surface area contributed by atoms with Gasteiger partial charge in [-0.25, -0.2) is 9.97 Å². The van der Waals surface area contributed by atoms with E-state index in [-0.39, 0.29) is 0 Å². The van der Waals surface area contributed by atoms with Gasteiger partial charge in [-0.1, -0.05) is 0 Å². The third-order valence-electron chi connectivity index (χ3n) is 3.82. The van der Waals surface area contributed by atoms with E-state index in [1.165, 1.54) is 0 Å². The Hall–Kier alpha value is -2.18. The van der Waals surface area contributed by atoms with Crippen molar-refractivity contribution in [1.29, 1.82) is 0 Å². The summed E-state index contributed by atoms with van der Waals surface area (Å²) in [7, 11) is 0. The van der Waals surface area contributed by atoms with Crippen molar-refractivity contribution in [3.8, 4) is 0 Å². The van der Waals surface area contributed by atoms with E-state index in [0.717, 1.165) is 52.3 Å². The summed E-state index contributed by atoms with van der Waals surface area (Å²) in [4.78, 5) is 9.08. The van der Waals surface area contributed by atoms with Gasteiger partial charge in [0.2, 0.25) is 0 Å². The quantitative estimate of drug-likeness (QED) is 0.390. The van der Waals surface area contributed by atoms with Crippen LogP contribution in [0.3, 0.4) is 0 Å². The number of nitrogens with zero attached hydrogens (tertiary/aromatic N) is 4. The molecule has 0 spiro atoms. The van der Waals surface area contributed by atoms with Crippen molar-refractivity contribution >= 4 is 64.9 Å². The van der Waals surface area contributed by atoms with E-state index in [4.69, 9.17) is 0 Å². The van der Waals surface area contributed by atoms with Crippen LogP contribution in [-0.2, 0) is 0 Å². The summed E-state index contributed by atoms with van der Waals surface area (Å²) in [5.74, 6) is 0. The minimum absolute atomic E-state index is 0.941. The van der Waals surface area contributed by atoms with Gasteiger partial charge in [0.05, 0.1) is 30.4 Å². The van der Waals surface area contributed by atoms with Crippen molar-refractivity contribution < 1.29 is 0 Å². The lowest BCUT2D eigenvalue weighted by Crippen LogP contribution is -1.88. The molecule has 0 saturated heterocycles. The Morgan fingerprint density at radius 2 is 1.14 bits per heavy atom. The summed E-state index contributed by atoms with van der Waals surface area (Å²) >= 11 is 3.35. The molecule has 0 aliphatic carbocycles. The fraction of sp³-hybridized carbons (Fsp3) is 0.125. The van der Waals surface area contributed by atoms with Crippen LogP contribution in [0.5, 0.6) is 0 Å². The maximum absolute atomic E-state index is 4.54. The molecule has 5 rings (SSSR count). The second-order valence-corrected chi connectivity index (χ2v) is 7.69. The predicted molar refractivity (Wildman–Crippen MR) is 92.9 cm³/mol. The summed E-state index contributed by atoms with van der Waals surface area (Å²) in [5, 5.41) is 13.4. The van der Waals surface area contributed by atoms with Crippen molar-refractivity contribution in [3.63, 3.8) is 0 Å². The standard InChI is InChI=1S/C16H10N4S2/c1-7-17-11-5-3-9-10-4-6-12-16(22-8(2)18-12)14(10)20-19-13(9)15(11)21-7/h3-6H,1-2H3. The molecule has 0 atom stereocenters. The Balaban J connectivity index is 2.03. The van der Waals surface area contributed by atoms with Gasteiger partial charge in [-0.3, -0.25) is 0 Å². The summed E-state index contributed by atoms with van der Waals surface area (Å²) in [6, 6.07) is 8.36. The molecule has 22 heavy (non-hydrogen) atoms. The highest BCUT2D eigenvalue weighted by molar-refractivity contribution is 7.20. The van der Waals surface area contributed by atoms with Gasteiger partial charge in [0.15, 0.2) is 0 Å². The van der Waals surface area contributed by atoms with Crippen LogP contribution in [0.25, 0.3) is 42.2 Å². The van der Waals surface area contributed by atoms with Crippen molar-refractivity contribution in [2.24, 2.45) is 0 Å². The normalized spacial score (nSPS) is 12.1. The maximum Gasteiger partial charge on any atom is 0.113 e. The highest BCUT2D eigenvalue weighted by Crippen LogP contribution is 2.35. The smallest absolute Gasteiger partial charge is 0.113 e. The number of fused-ring (bicyclic) bond motifs is 7. The lowest BCUT2D eigenvalue weighted by Gasteiger charge is -2.03. The molecule has 0 aliphatic heterocycles. The van der Waals surface area contributed by atoms with Crippen LogP contribution in [0, 0.1) is 13.8 Å². The van der Waals surface area contributed by atoms with Crippen LogP contribution >= 0.6 is 22.7 Å². The Morgan fingerprint density at radius 1 is 0.682 bits per heavy atom. The first-order chi connectivity index (χ1) is 10.7. The average molecular weight is 322 g/mol. The topological polar surface area (TPSA) is 51.6 Å². The minimum Gasteiger partial charge on any atom is -0.241 e. The second kappa shape index (κ2) is 4.18. The lowest BCUT2D eigenvalue weighted by atomic mass is 10.1. The summed E-state index contributed by atoms with van der Waals surface area (Å²) in [6.45, 7) is 4.04. The number of aromatic nitrogens is 4. The van der Waals surface area contributed by atoms with Crippen LogP contribution in [0.15, 0.2) is 24.3 Å². The molecule has 6 heteroatoms. The molecule has 3 aromatic heterocycles. The molecule has 2 aromatic carbocycles. The molecule has 4 nitrogen and oxygen atoms in total. The number of benzene rings is 2. The van der Waals surface area contributed by atoms with Gasteiger partial charge in [-0.15, -0.1) is 32.9 Å². The molecule has 0 amide bonds. The van der Waals surface area contributed by atoms with Crippen LogP contribution in [0.2, 0.25) is 0 Å². The molecule has 0 bridgehead atoms. The zero-order valence-corrected chi connectivity index (χ0v) is 13.5. The predicted octanol–water partition coefficient (Wildman–Crippen LogP) is 4.62. The number of rotatable bonds is 0. The summed E-state index contributed by atoms with van der Waals surface area (Å²) in [6.07, 6.45) is 0. The molecule has 0 fully saturated rings. The fourth-order valence-electron chi connectivity index (χ4n) is 2.91. The second-order valence-electron chi connectivity index (χ2n) is 5.29. The number of aryl methyl sites for hydroxylation is 2. The van der Waals surface area contributed by atoms with Gasteiger partial charge in [0, 0.05) is 10.8 Å². The van der Waals surface area contributed by atoms with Crippen LogP contribution in [0.1, 0.15) is 10.0 Å². The lowest BCUT2D eigenvalue weighted by molar-refractivity contribution is 1.13.